The van der Waals surface area contributed by atoms with Crippen LogP contribution in [-0.2, 0) is 16.1 Å². The third-order valence-corrected chi connectivity index (χ3v) is 4.59. The largest absolute Gasteiger partial charge is 0.445 e. The molecule has 1 N–H and O–H groups in total. The van der Waals surface area contributed by atoms with Gasteiger partial charge in [-0.25, -0.2) is 4.79 Å². The summed E-state index contributed by atoms with van der Waals surface area (Å²) >= 11 is 0. The highest BCUT2D eigenvalue weighted by atomic mass is 16.6. The van der Waals surface area contributed by atoms with Crippen LogP contribution in [0.3, 0.4) is 0 Å². The molecule has 6 heteroatoms. The van der Waals surface area contributed by atoms with Crippen molar-refractivity contribution in [1.29, 1.82) is 0 Å². The summed E-state index contributed by atoms with van der Waals surface area (Å²) in [4.78, 5) is 28.6. The van der Waals surface area contributed by atoms with Gasteiger partial charge in [0.25, 0.3) is 0 Å². The predicted octanol–water partition coefficient (Wildman–Crippen LogP) is 2.80. The Morgan fingerprint density at radius 3 is 2.58 bits per heavy atom. The Morgan fingerprint density at radius 1 is 1.19 bits per heavy atom. The van der Waals surface area contributed by atoms with Crippen LogP contribution in [0.15, 0.2) is 30.3 Å². The lowest BCUT2D eigenvalue weighted by atomic mass is 10.1. The van der Waals surface area contributed by atoms with Crippen LogP contribution in [0.25, 0.3) is 0 Å². The lowest BCUT2D eigenvalue weighted by Gasteiger charge is -2.29. The van der Waals surface area contributed by atoms with E-state index in [0.717, 1.165) is 24.8 Å². The van der Waals surface area contributed by atoms with Crippen molar-refractivity contribution >= 4 is 12.0 Å². The van der Waals surface area contributed by atoms with Gasteiger partial charge in [-0.1, -0.05) is 50.6 Å². The second kappa shape index (κ2) is 10.2. The third-order valence-electron chi connectivity index (χ3n) is 4.59. The van der Waals surface area contributed by atoms with E-state index in [1.54, 1.807) is 0 Å². The lowest BCUT2D eigenvalue weighted by Crippen LogP contribution is -2.48. The molecule has 0 bridgehead atoms. The zero-order valence-electron chi connectivity index (χ0n) is 15.8. The summed E-state index contributed by atoms with van der Waals surface area (Å²) in [5.74, 6) is -0.0893. The summed E-state index contributed by atoms with van der Waals surface area (Å²) in [6.45, 7) is 5.75. The Balaban J connectivity index is 2.01. The van der Waals surface area contributed by atoms with Crippen LogP contribution >= 0.6 is 0 Å². The molecule has 2 rings (SSSR count). The maximum absolute atomic E-state index is 12.9. The van der Waals surface area contributed by atoms with Crippen molar-refractivity contribution in [2.24, 2.45) is 0 Å². The molecule has 0 aliphatic carbocycles. The number of carbonyl (C=O) groups is 2. The molecule has 0 saturated carbocycles. The first-order valence-corrected chi connectivity index (χ1v) is 9.51. The van der Waals surface area contributed by atoms with E-state index in [1.165, 1.54) is 4.90 Å². The van der Waals surface area contributed by atoms with Crippen molar-refractivity contribution in [2.45, 2.75) is 58.3 Å². The van der Waals surface area contributed by atoms with Crippen LogP contribution < -0.4 is 0 Å². The molecule has 1 fully saturated rings. The van der Waals surface area contributed by atoms with Crippen LogP contribution in [0.5, 0.6) is 0 Å². The lowest BCUT2D eigenvalue weighted by molar-refractivity contribution is -0.135. The SMILES string of the molecule is CCCCN(CCC)C(=O)[C@@H]1CC(O)CN1C(=O)OCc1ccccc1. The van der Waals surface area contributed by atoms with Gasteiger partial charge in [0.2, 0.25) is 5.91 Å². The summed E-state index contributed by atoms with van der Waals surface area (Å²) in [5, 5.41) is 10.0. The maximum Gasteiger partial charge on any atom is 0.410 e. The van der Waals surface area contributed by atoms with Crippen molar-refractivity contribution < 1.29 is 19.4 Å². The van der Waals surface area contributed by atoms with E-state index in [9.17, 15) is 14.7 Å². The molecule has 6 nitrogen and oxygen atoms in total. The highest BCUT2D eigenvalue weighted by molar-refractivity contribution is 5.86. The molecule has 2 atom stereocenters. The number of unbranched alkanes of at least 4 members (excludes halogenated alkanes) is 1. The second-order valence-electron chi connectivity index (χ2n) is 6.78. The first-order valence-electron chi connectivity index (χ1n) is 9.51. The number of hydrogen-bond acceptors (Lipinski definition) is 4. The van der Waals surface area contributed by atoms with E-state index in [4.69, 9.17) is 4.74 Å². The number of nitrogens with zero attached hydrogens (tertiary/aromatic N) is 2. The molecule has 1 heterocycles. The normalized spacial score (nSPS) is 19.4. The Bertz CT molecular complexity index is 578. The number of β-amino-alcohol motifs (C(OH)–C–C–N with tert-alkyl or cyclic N) is 1. The topological polar surface area (TPSA) is 70.1 Å². The number of ether oxygens (including phenoxy) is 1. The summed E-state index contributed by atoms with van der Waals surface area (Å²) in [6, 6.07) is 8.77. The van der Waals surface area contributed by atoms with Gasteiger partial charge in [0, 0.05) is 19.5 Å². The van der Waals surface area contributed by atoms with Crippen molar-refractivity contribution in [3.63, 3.8) is 0 Å². The van der Waals surface area contributed by atoms with Crippen LogP contribution in [0.2, 0.25) is 0 Å². The number of hydrogen-bond donors (Lipinski definition) is 1. The Morgan fingerprint density at radius 2 is 1.92 bits per heavy atom. The van der Waals surface area contributed by atoms with Gasteiger partial charge < -0.3 is 14.7 Å². The summed E-state index contributed by atoms with van der Waals surface area (Å²) in [7, 11) is 0. The fraction of sp³-hybridized carbons (Fsp3) is 0.600. The number of amides is 2. The Hall–Kier alpha value is -2.08. The molecular weight excluding hydrogens is 332 g/mol. The molecule has 1 aromatic carbocycles. The number of likely N-dealkylation sites (tertiary alicyclic amines) is 1. The molecule has 2 amide bonds. The highest BCUT2D eigenvalue weighted by Gasteiger charge is 2.41. The van der Waals surface area contributed by atoms with Gasteiger partial charge in [0.15, 0.2) is 0 Å². The Kier molecular flexibility index (Phi) is 7.91. The molecule has 0 spiro atoms. The maximum atomic E-state index is 12.9. The third kappa shape index (κ3) is 5.46. The minimum atomic E-state index is -0.692. The van der Waals surface area contributed by atoms with Gasteiger partial charge in [-0.3, -0.25) is 9.69 Å². The molecule has 1 saturated heterocycles. The predicted molar refractivity (Wildman–Crippen MR) is 99.5 cm³/mol. The number of rotatable bonds is 8. The summed E-state index contributed by atoms with van der Waals surface area (Å²) in [5.41, 5.74) is 0.888. The van der Waals surface area contributed by atoms with Gasteiger partial charge in [-0.2, -0.15) is 0 Å². The second-order valence-corrected chi connectivity index (χ2v) is 6.78. The van der Waals surface area contributed by atoms with Gasteiger partial charge >= 0.3 is 6.09 Å². The van der Waals surface area contributed by atoms with Gasteiger partial charge in [-0.15, -0.1) is 0 Å². The molecular formula is C20H30N2O4. The minimum absolute atomic E-state index is 0.0893. The van der Waals surface area contributed by atoms with Crippen molar-refractivity contribution in [1.82, 2.24) is 9.80 Å². The van der Waals surface area contributed by atoms with Crippen LogP contribution in [0.1, 0.15) is 45.1 Å². The number of benzene rings is 1. The number of aliphatic hydroxyl groups excluding tert-OH is 1. The molecule has 1 aliphatic heterocycles. The molecule has 0 aromatic heterocycles. The molecule has 1 aliphatic rings. The molecule has 0 radical (unpaired) electrons. The molecule has 144 valence electrons. The molecule has 1 unspecified atom stereocenters. The van der Waals surface area contributed by atoms with E-state index in [0.29, 0.717) is 13.1 Å². The first kappa shape index (κ1) is 20.2. The van der Waals surface area contributed by atoms with E-state index < -0.39 is 18.2 Å². The van der Waals surface area contributed by atoms with Crippen molar-refractivity contribution in [2.75, 3.05) is 19.6 Å². The van der Waals surface area contributed by atoms with Crippen molar-refractivity contribution in [3.05, 3.63) is 35.9 Å². The van der Waals surface area contributed by atoms with Crippen LogP contribution in [0, 0.1) is 0 Å². The molecule has 1 aromatic rings. The fourth-order valence-corrected chi connectivity index (χ4v) is 3.21. The number of aliphatic hydroxyl groups is 1. The quantitative estimate of drug-likeness (QED) is 0.772. The van der Waals surface area contributed by atoms with Crippen molar-refractivity contribution in [3.8, 4) is 0 Å². The average molecular weight is 362 g/mol. The van der Waals surface area contributed by atoms with Crippen LogP contribution in [-0.4, -0.2) is 58.7 Å². The van der Waals surface area contributed by atoms with Gasteiger partial charge in [-0.05, 0) is 18.4 Å². The van der Waals surface area contributed by atoms with Gasteiger partial charge in [0.05, 0.1) is 12.6 Å². The van der Waals surface area contributed by atoms with E-state index in [1.807, 2.05) is 42.2 Å². The zero-order chi connectivity index (χ0) is 18.9. The van der Waals surface area contributed by atoms with E-state index in [2.05, 4.69) is 6.92 Å². The molecule has 26 heavy (non-hydrogen) atoms. The zero-order valence-corrected chi connectivity index (χ0v) is 15.8. The minimum Gasteiger partial charge on any atom is -0.445 e. The van der Waals surface area contributed by atoms with Crippen LogP contribution in [0.4, 0.5) is 4.79 Å². The van der Waals surface area contributed by atoms with E-state index in [-0.39, 0.29) is 25.5 Å². The van der Waals surface area contributed by atoms with Gasteiger partial charge in [0.1, 0.15) is 12.6 Å². The fourth-order valence-electron chi connectivity index (χ4n) is 3.21. The standard InChI is InChI=1S/C20H30N2O4/c1-3-5-12-21(11-4-2)19(24)18-13-17(23)14-22(18)20(25)26-15-16-9-7-6-8-10-16/h6-10,17-18,23H,3-5,11-15H2,1-2H3/t17?,18-/m0/s1. The monoisotopic (exact) mass is 362 g/mol. The Labute approximate surface area is 155 Å². The smallest absolute Gasteiger partial charge is 0.410 e. The highest BCUT2D eigenvalue weighted by Crippen LogP contribution is 2.22. The summed E-state index contributed by atoms with van der Waals surface area (Å²) < 4.78 is 5.37. The van der Waals surface area contributed by atoms with E-state index >= 15 is 0 Å². The first-order chi connectivity index (χ1) is 12.6. The average Bonchev–Trinajstić information content (AvgIpc) is 3.05. The number of carbonyl (C=O) groups excluding carboxylic acids is 2. The summed E-state index contributed by atoms with van der Waals surface area (Å²) in [6.07, 6.45) is 1.83.